The van der Waals surface area contributed by atoms with Crippen LogP contribution in [0.15, 0.2) is 27.9 Å². The number of aromatic nitrogens is 2. The van der Waals surface area contributed by atoms with Crippen molar-refractivity contribution in [1.29, 1.82) is 5.26 Å². The lowest BCUT2D eigenvalue weighted by Gasteiger charge is -2.22. The van der Waals surface area contributed by atoms with E-state index in [2.05, 4.69) is 38.2 Å². The Labute approximate surface area is 169 Å². The molecular weight excluding hydrogens is 396 g/mol. The molecule has 0 aliphatic heterocycles. The maximum atomic E-state index is 12.5. The first kappa shape index (κ1) is 18.4. The van der Waals surface area contributed by atoms with Gasteiger partial charge in [-0.1, -0.05) is 17.8 Å². The van der Waals surface area contributed by atoms with Crippen LogP contribution in [0.25, 0.3) is 20.7 Å². The Morgan fingerprint density at radius 2 is 2.26 bits per heavy atom. The standard InChI is InChI=1S/C19H18N4OS3/c1-11-21-17-16(13(8-26-17)14-4-3-7-25-14)18(22-11)27-9-15(24)23-19(2,10-20)12-5-6-12/h3-4,7-8,12H,5-6,9H2,1-2H3,(H,23,24). The molecule has 0 radical (unpaired) electrons. The molecule has 1 aliphatic carbocycles. The summed E-state index contributed by atoms with van der Waals surface area (Å²) in [7, 11) is 0. The van der Waals surface area contributed by atoms with E-state index in [1.807, 2.05) is 19.9 Å². The Bertz CT molecular complexity index is 1030. The Kier molecular flexibility index (Phi) is 4.93. The summed E-state index contributed by atoms with van der Waals surface area (Å²) in [6, 6.07) is 6.38. The molecule has 1 fully saturated rings. The molecule has 4 rings (SSSR count). The number of nitrogens with one attached hydrogen (secondary N) is 1. The Hall–Kier alpha value is -1.95. The molecule has 1 amide bonds. The van der Waals surface area contributed by atoms with E-state index in [1.165, 1.54) is 16.6 Å². The zero-order valence-electron chi connectivity index (χ0n) is 15.0. The van der Waals surface area contributed by atoms with Crippen LogP contribution >= 0.6 is 34.4 Å². The van der Waals surface area contributed by atoms with Gasteiger partial charge in [0.2, 0.25) is 5.91 Å². The van der Waals surface area contributed by atoms with E-state index in [9.17, 15) is 10.1 Å². The SMILES string of the molecule is Cc1nc(SCC(=O)NC(C)(C#N)C2CC2)c2c(-c3cccs3)csc2n1. The number of thioether (sulfide) groups is 1. The zero-order valence-corrected chi connectivity index (χ0v) is 17.4. The number of aryl methyl sites for hydroxylation is 1. The van der Waals surface area contributed by atoms with Crippen LogP contribution in [0.4, 0.5) is 0 Å². The highest BCUT2D eigenvalue weighted by Crippen LogP contribution is 2.41. The number of hydrogen-bond acceptors (Lipinski definition) is 7. The minimum absolute atomic E-state index is 0.131. The van der Waals surface area contributed by atoms with Gasteiger partial charge >= 0.3 is 0 Å². The Balaban J connectivity index is 1.57. The van der Waals surface area contributed by atoms with Gasteiger partial charge in [0.15, 0.2) is 0 Å². The number of nitriles is 1. The molecule has 5 nitrogen and oxygen atoms in total. The van der Waals surface area contributed by atoms with Crippen molar-refractivity contribution in [1.82, 2.24) is 15.3 Å². The molecule has 3 aromatic heterocycles. The van der Waals surface area contributed by atoms with Gasteiger partial charge in [0.05, 0.1) is 17.2 Å². The third kappa shape index (κ3) is 3.72. The van der Waals surface area contributed by atoms with E-state index in [-0.39, 0.29) is 17.6 Å². The van der Waals surface area contributed by atoms with Crippen molar-refractivity contribution in [2.45, 2.75) is 37.3 Å². The van der Waals surface area contributed by atoms with E-state index < -0.39 is 5.54 Å². The number of hydrogen-bond donors (Lipinski definition) is 1. The highest BCUT2D eigenvalue weighted by molar-refractivity contribution is 8.00. The molecule has 1 atom stereocenters. The van der Waals surface area contributed by atoms with Crippen LogP contribution in [0.5, 0.6) is 0 Å². The van der Waals surface area contributed by atoms with Crippen molar-refractivity contribution in [3.63, 3.8) is 0 Å². The molecule has 8 heteroatoms. The lowest BCUT2D eigenvalue weighted by molar-refractivity contribution is -0.119. The van der Waals surface area contributed by atoms with Gasteiger partial charge < -0.3 is 5.32 Å². The molecule has 0 bridgehead atoms. The molecule has 3 aromatic rings. The molecule has 0 saturated heterocycles. The van der Waals surface area contributed by atoms with Crippen molar-refractivity contribution < 1.29 is 4.79 Å². The van der Waals surface area contributed by atoms with Crippen molar-refractivity contribution in [2.75, 3.05) is 5.75 Å². The topological polar surface area (TPSA) is 78.7 Å². The summed E-state index contributed by atoms with van der Waals surface area (Å²) in [6.07, 6.45) is 2.00. The third-order valence-corrected chi connectivity index (χ3v) is 7.41. The molecular formula is C19H18N4OS3. The van der Waals surface area contributed by atoms with E-state index in [0.29, 0.717) is 5.82 Å². The number of carbonyl (C=O) groups is 1. The lowest BCUT2D eigenvalue weighted by Crippen LogP contribution is -2.47. The van der Waals surface area contributed by atoms with Gasteiger partial charge in [0, 0.05) is 15.8 Å². The molecule has 0 aromatic carbocycles. The maximum absolute atomic E-state index is 12.5. The normalized spacial score (nSPS) is 16.0. The number of rotatable bonds is 6. The van der Waals surface area contributed by atoms with Gasteiger partial charge in [-0.2, -0.15) is 5.26 Å². The molecule has 1 N–H and O–H groups in total. The van der Waals surface area contributed by atoms with E-state index >= 15 is 0 Å². The summed E-state index contributed by atoms with van der Waals surface area (Å²) < 4.78 is 0. The minimum Gasteiger partial charge on any atom is -0.337 e. The average Bonchev–Trinajstić information content (AvgIpc) is 3.21. The average molecular weight is 415 g/mol. The van der Waals surface area contributed by atoms with E-state index in [4.69, 9.17) is 0 Å². The summed E-state index contributed by atoms with van der Waals surface area (Å²) in [5, 5.41) is 18.3. The number of thiophene rings is 2. The number of fused-ring (bicyclic) bond motifs is 1. The molecule has 1 unspecified atom stereocenters. The zero-order chi connectivity index (χ0) is 19.0. The Morgan fingerprint density at radius 3 is 2.93 bits per heavy atom. The van der Waals surface area contributed by atoms with Crippen molar-refractivity contribution in [2.24, 2.45) is 5.92 Å². The first-order valence-corrected chi connectivity index (χ1v) is 11.4. The lowest BCUT2D eigenvalue weighted by atomic mass is 9.98. The summed E-state index contributed by atoms with van der Waals surface area (Å²) in [5.74, 6) is 1.07. The van der Waals surface area contributed by atoms with Gasteiger partial charge in [0.25, 0.3) is 0 Å². The predicted octanol–water partition coefficient (Wildman–Crippen LogP) is 4.63. The summed E-state index contributed by atoms with van der Waals surface area (Å²) >= 11 is 4.69. The van der Waals surface area contributed by atoms with Crippen LogP contribution in [-0.2, 0) is 4.79 Å². The van der Waals surface area contributed by atoms with Crippen LogP contribution in [0.2, 0.25) is 0 Å². The van der Waals surface area contributed by atoms with Crippen molar-refractivity contribution >= 4 is 50.6 Å². The first-order chi connectivity index (χ1) is 13.0. The Morgan fingerprint density at radius 1 is 1.44 bits per heavy atom. The van der Waals surface area contributed by atoms with Gasteiger partial charge in [-0.3, -0.25) is 4.79 Å². The fraction of sp³-hybridized carbons (Fsp3) is 0.368. The fourth-order valence-corrected chi connectivity index (χ4v) is 5.83. The minimum atomic E-state index is -0.765. The van der Waals surface area contributed by atoms with Crippen molar-refractivity contribution in [3.8, 4) is 16.5 Å². The largest absolute Gasteiger partial charge is 0.337 e. The van der Waals surface area contributed by atoms with Crippen LogP contribution in [-0.4, -0.2) is 27.2 Å². The molecule has 3 heterocycles. The smallest absolute Gasteiger partial charge is 0.231 e. The summed E-state index contributed by atoms with van der Waals surface area (Å²) in [6.45, 7) is 3.68. The number of amides is 1. The molecule has 27 heavy (non-hydrogen) atoms. The molecule has 1 aliphatic rings. The van der Waals surface area contributed by atoms with Gasteiger partial charge in [0.1, 0.15) is 21.2 Å². The quantitative estimate of drug-likeness (QED) is 0.470. The second-order valence-corrected chi connectivity index (χ2v) is 9.58. The molecule has 138 valence electrons. The second kappa shape index (κ2) is 7.23. The van der Waals surface area contributed by atoms with Crippen LogP contribution in [0.1, 0.15) is 25.6 Å². The van der Waals surface area contributed by atoms with Crippen molar-refractivity contribution in [3.05, 3.63) is 28.7 Å². The summed E-state index contributed by atoms with van der Waals surface area (Å²) in [4.78, 5) is 23.7. The summed E-state index contributed by atoms with van der Waals surface area (Å²) in [5.41, 5.74) is 0.353. The first-order valence-electron chi connectivity index (χ1n) is 8.65. The highest BCUT2D eigenvalue weighted by atomic mass is 32.2. The van der Waals surface area contributed by atoms with E-state index in [0.717, 1.165) is 33.6 Å². The van der Waals surface area contributed by atoms with Crippen LogP contribution in [0, 0.1) is 24.2 Å². The highest BCUT2D eigenvalue weighted by Gasteiger charge is 2.42. The predicted molar refractivity (Wildman–Crippen MR) is 111 cm³/mol. The fourth-order valence-electron chi connectivity index (χ4n) is 3.07. The van der Waals surface area contributed by atoms with Gasteiger partial charge in [-0.15, -0.1) is 22.7 Å². The van der Waals surface area contributed by atoms with Gasteiger partial charge in [-0.05, 0) is 44.1 Å². The van der Waals surface area contributed by atoms with Gasteiger partial charge in [-0.25, -0.2) is 9.97 Å². The maximum Gasteiger partial charge on any atom is 0.231 e. The number of carbonyl (C=O) groups excluding carboxylic acids is 1. The van der Waals surface area contributed by atoms with Crippen LogP contribution < -0.4 is 5.32 Å². The number of nitrogens with zero attached hydrogens (tertiary/aromatic N) is 3. The molecule has 1 saturated carbocycles. The monoisotopic (exact) mass is 414 g/mol. The van der Waals surface area contributed by atoms with E-state index in [1.54, 1.807) is 22.7 Å². The third-order valence-electron chi connectivity index (χ3n) is 4.66. The molecule has 0 spiro atoms. The van der Waals surface area contributed by atoms with Crippen LogP contribution in [0.3, 0.4) is 0 Å². The second-order valence-electron chi connectivity index (χ2n) is 6.81.